The van der Waals surface area contributed by atoms with Crippen molar-refractivity contribution in [3.05, 3.63) is 61.6 Å². The zero-order valence-corrected chi connectivity index (χ0v) is 16.3. The van der Waals surface area contributed by atoms with E-state index in [2.05, 4.69) is 49.0 Å². The van der Waals surface area contributed by atoms with Crippen LogP contribution in [0.25, 0.3) is 0 Å². The molecule has 0 aliphatic rings. The van der Waals surface area contributed by atoms with Gasteiger partial charge in [-0.1, -0.05) is 28.9 Å². The third-order valence-electron chi connectivity index (χ3n) is 2.89. The molecule has 0 saturated heterocycles. The minimum absolute atomic E-state index is 0.245. The van der Waals surface area contributed by atoms with Gasteiger partial charge in [0.15, 0.2) is 0 Å². The van der Waals surface area contributed by atoms with E-state index < -0.39 is 0 Å². The number of benzene rings is 2. The summed E-state index contributed by atoms with van der Waals surface area (Å²) in [6, 6.07) is 13.0. The van der Waals surface area contributed by atoms with Crippen molar-refractivity contribution in [2.24, 2.45) is 5.10 Å². The fraction of sp³-hybridized carbons (Fsp3) is 0.176. The van der Waals surface area contributed by atoms with Gasteiger partial charge >= 0.3 is 0 Å². The molecule has 0 unspecified atom stereocenters. The highest BCUT2D eigenvalue weighted by Gasteiger charge is 2.05. The molecule has 0 aliphatic heterocycles. The van der Waals surface area contributed by atoms with Crippen molar-refractivity contribution in [1.29, 1.82) is 0 Å². The van der Waals surface area contributed by atoms with E-state index >= 15 is 0 Å². The third kappa shape index (κ3) is 5.62. The SMILES string of the molecule is CCCOc1ccc(Br)cc1/C=N/NC(=O)c1cccc(I)c1. The topological polar surface area (TPSA) is 50.7 Å². The van der Waals surface area contributed by atoms with Crippen molar-refractivity contribution in [3.63, 3.8) is 0 Å². The Morgan fingerprint density at radius 3 is 2.91 bits per heavy atom. The number of carbonyl (C=O) groups is 1. The minimum atomic E-state index is -0.245. The van der Waals surface area contributed by atoms with Gasteiger partial charge in [0.2, 0.25) is 0 Å². The average molecular weight is 487 g/mol. The first kappa shape index (κ1) is 17.9. The van der Waals surface area contributed by atoms with Crippen molar-refractivity contribution in [2.75, 3.05) is 6.61 Å². The van der Waals surface area contributed by atoms with E-state index in [9.17, 15) is 4.79 Å². The van der Waals surface area contributed by atoms with Crippen molar-refractivity contribution >= 4 is 50.6 Å². The summed E-state index contributed by atoms with van der Waals surface area (Å²) in [5, 5.41) is 4.03. The Balaban J connectivity index is 2.07. The molecule has 6 heteroatoms. The van der Waals surface area contributed by atoms with Crippen LogP contribution >= 0.6 is 38.5 Å². The van der Waals surface area contributed by atoms with Crippen LogP contribution in [-0.2, 0) is 0 Å². The number of nitrogens with zero attached hydrogens (tertiary/aromatic N) is 1. The molecule has 0 bridgehead atoms. The van der Waals surface area contributed by atoms with Gasteiger partial charge in [-0.05, 0) is 65.4 Å². The van der Waals surface area contributed by atoms with Crippen LogP contribution in [0.3, 0.4) is 0 Å². The van der Waals surface area contributed by atoms with Crippen LogP contribution in [0.2, 0.25) is 0 Å². The maximum absolute atomic E-state index is 12.0. The number of hydrogen-bond acceptors (Lipinski definition) is 3. The molecule has 2 rings (SSSR count). The summed E-state index contributed by atoms with van der Waals surface area (Å²) < 4.78 is 7.60. The molecule has 120 valence electrons. The first-order chi connectivity index (χ1) is 11.1. The highest BCUT2D eigenvalue weighted by atomic mass is 127. The molecule has 2 aromatic rings. The summed E-state index contributed by atoms with van der Waals surface area (Å²) in [5.74, 6) is 0.494. The fourth-order valence-electron chi connectivity index (χ4n) is 1.82. The summed E-state index contributed by atoms with van der Waals surface area (Å²) in [6.45, 7) is 2.69. The summed E-state index contributed by atoms with van der Waals surface area (Å²) >= 11 is 5.59. The molecular formula is C17H16BrIN2O2. The van der Waals surface area contributed by atoms with Gasteiger partial charge < -0.3 is 4.74 Å². The van der Waals surface area contributed by atoms with E-state index in [4.69, 9.17) is 4.74 Å². The monoisotopic (exact) mass is 486 g/mol. The molecule has 0 radical (unpaired) electrons. The predicted molar refractivity (Wildman–Crippen MR) is 104 cm³/mol. The largest absolute Gasteiger partial charge is 0.493 e. The second-order valence-electron chi connectivity index (χ2n) is 4.74. The van der Waals surface area contributed by atoms with Gasteiger partial charge in [-0.15, -0.1) is 0 Å². The zero-order valence-electron chi connectivity index (χ0n) is 12.6. The minimum Gasteiger partial charge on any atom is -0.493 e. The summed E-state index contributed by atoms with van der Waals surface area (Å²) in [5.41, 5.74) is 3.91. The number of nitrogens with one attached hydrogen (secondary N) is 1. The number of hydrazone groups is 1. The summed E-state index contributed by atoms with van der Waals surface area (Å²) in [7, 11) is 0. The molecule has 2 aromatic carbocycles. The Morgan fingerprint density at radius 2 is 2.17 bits per heavy atom. The van der Waals surface area contributed by atoms with Gasteiger partial charge in [-0.25, -0.2) is 5.43 Å². The van der Waals surface area contributed by atoms with E-state index in [1.165, 1.54) is 0 Å². The van der Waals surface area contributed by atoms with E-state index in [1.807, 2.05) is 37.3 Å². The Morgan fingerprint density at radius 1 is 1.35 bits per heavy atom. The van der Waals surface area contributed by atoms with Crippen LogP contribution in [0, 0.1) is 3.57 Å². The third-order valence-corrected chi connectivity index (χ3v) is 4.05. The molecule has 0 heterocycles. The van der Waals surface area contributed by atoms with Crippen molar-refractivity contribution in [3.8, 4) is 5.75 Å². The number of carbonyl (C=O) groups excluding carboxylic acids is 1. The van der Waals surface area contributed by atoms with E-state index in [0.717, 1.165) is 25.8 Å². The second-order valence-corrected chi connectivity index (χ2v) is 6.90. The van der Waals surface area contributed by atoms with Crippen LogP contribution in [0.15, 0.2) is 52.0 Å². The summed E-state index contributed by atoms with van der Waals surface area (Å²) in [4.78, 5) is 12.0. The Hall–Kier alpha value is -1.41. The van der Waals surface area contributed by atoms with E-state index in [0.29, 0.717) is 12.2 Å². The number of amides is 1. The van der Waals surface area contributed by atoms with Gasteiger partial charge in [0.05, 0.1) is 12.8 Å². The van der Waals surface area contributed by atoms with Gasteiger partial charge in [0.1, 0.15) is 5.75 Å². The lowest BCUT2D eigenvalue weighted by molar-refractivity contribution is 0.0955. The van der Waals surface area contributed by atoms with E-state index in [1.54, 1.807) is 18.3 Å². The molecule has 4 nitrogen and oxygen atoms in total. The van der Waals surface area contributed by atoms with Gasteiger partial charge in [0.25, 0.3) is 5.91 Å². The smallest absolute Gasteiger partial charge is 0.271 e. The van der Waals surface area contributed by atoms with Crippen molar-refractivity contribution < 1.29 is 9.53 Å². The Kier molecular flexibility index (Phi) is 7.04. The fourth-order valence-corrected chi connectivity index (χ4v) is 2.74. The molecule has 1 amide bonds. The Bertz CT molecular complexity index is 719. The lowest BCUT2D eigenvalue weighted by Gasteiger charge is -2.08. The Labute approximate surface area is 157 Å². The predicted octanol–water partition coefficient (Wildman–Crippen LogP) is 4.61. The van der Waals surface area contributed by atoms with Gasteiger partial charge in [-0.3, -0.25) is 4.79 Å². The molecule has 0 aromatic heterocycles. The average Bonchev–Trinajstić information content (AvgIpc) is 2.54. The first-order valence-electron chi connectivity index (χ1n) is 7.11. The molecule has 0 fully saturated rings. The van der Waals surface area contributed by atoms with Gasteiger partial charge in [-0.2, -0.15) is 5.10 Å². The maximum Gasteiger partial charge on any atom is 0.271 e. The van der Waals surface area contributed by atoms with Gasteiger partial charge in [0, 0.05) is 19.2 Å². The number of rotatable bonds is 6. The zero-order chi connectivity index (χ0) is 16.7. The molecule has 0 atom stereocenters. The molecule has 23 heavy (non-hydrogen) atoms. The molecule has 0 spiro atoms. The normalized spacial score (nSPS) is 10.7. The highest BCUT2D eigenvalue weighted by molar-refractivity contribution is 14.1. The van der Waals surface area contributed by atoms with Crippen LogP contribution in [0.5, 0.6) is 5.75 Å². The van der Waals surface area contributed by atoms with Crippen LogP contribution in [0.1, 0.15) is 29.3 Å². The maximum atomic E-state index is 12.0. The molecule has 0 aliphatic carbocycles. The number of ether oxygens (including phenoxy) is 1. The van der Waals surface area contributed by atoms with Crippen molar-refractivity contribution in [1.82, 2.24) is 5.43 Å². The number of halogens is 2. The first-order valence-corrected chi connectivity index (χ1v) is 8.98. The lowest BCUT2D eigenvalue weighted by atomic mass is 10.2. The standard InChI is InChI=1S/C17H16BrIN2O2/c1-2-8-23-16-7-6-14(18)9-13(16)11-20-21-17(22)12-4-3-5-15(19)10-12/h3-7,9-11H,2,8H2,1H3,(H,21,22)/b20-11+. The lowest BCUT2D eigenvalue weighted by Crippen LogP contribution is -2.17. The van der Waals surface area contributed by atoms with Crippen LogP contribution < -0.4 is 10.2 Å². The molecular weight excluding hydrogens is 471 g/mol. The van der Waals surface area contributed by atoms with Crippen molar-refractivity contribution in [2.45, 2.75) is 13.3 Å². The molecule has 0 saturated carbocycles. The highest BCUT2D eigenvalue weighted by Crippen LogP contribution is 2.22. The van der Waals surface area contributed by atoms with Crippen LogP contribution in [-0.4, -0.2) is 18.7 Å². The quantitative estimate of drug-likeness (QED) is 0.368. The second kappa shape index (κ2) is 9.02. The van der Waals surface area contributed by atoms with Crippen LogP contribution in [0.4, 0.5) is 0 Å². The number of hydrogen-bond donors (Lipinski definition) is 1. The molecule has 1 N–H and O–H groups in total. The summed E-state index contributed by atoms with van der Waals surface area (Å²) in [6.07, 6.45) is 2.51. The van der Waals surface area contributed by atoms with E-state index in [-0.39, 0.29) is 5.91 Å².